The number of fused-ring (bicyclic) bond motifs is 2. The molecule has 2 aliphatic heterocycles. The summed E-state index contributed by atoms with van der Waals surface area (Å²) in [5, 5.41) is 0. The van der Waals surface area contributed by atoms with Crippen LogP contribution in [0.25, 0.3) is 11.0 Å². The van der Waals surface area contributed by atoms with Gasteiger partial charge in [0.2, 0.25) is 0 Å². The molecule has 2 aromatic carbocycles. The number of aromatic nitrogens is 2. The van der Waals surface area contributed by atoms with Crippen molar-refractivity contribution in [2.45, 2.75) is 56.9 Å². The molecule has 170 valence electrons. The summed E-state index contributed by atoms with van der Waals surface area (Å²) in [6, 6.07) is 13.8. The highest BCUT2D eigenvalue weighted by atomic mass is 16.2. The Labute approximate surface area is 195 Å². The van der Waals surface area contributed by atoms with Gasteiger partial charge in [0.25, 0.3) is 5.91 Å². The summed E-state index contributed by atoms with van der Waals surface area (Å²) in [6.45, 7) is 4.03. The van der Waals surface area contributed by atoms with Crippen molar-refractivity contribution < 1.29 is 4.79 Å². The van der Waals surface area contributed by atoms with E-state index in [0.717, 1.165) is 37.5 Å². The van der Waals surface area contributed by atoms with E-state index in [1.165, 1.54) is 50.8 Å². The molecule has 1 amide bonds. The molecule has 1 saturated heterocycles. The first kappa shape index (κ1) is 20.8. The van der Waals surface area contributed by atoms with Gasteiger partial charge in [-0.3, -0.25) is 19.7 Å². The van der Waals surface area contributed by atoms with Crippen LogP contribution in [0.4, 0.5) is 0 Å². The van der Waals surface area contributed by atoms with Gasteiger partial charge in [0.05, 0.1) is 11.1 Å². The number of hydrogen-bond donors (Lipinski definition) is 0. The van der Waals surface area contributed by atoms with Gasteiger partial charge < -0.3 is 4.90 Å². The van der Waals surface area contributed by atoms with Crippen LogP contribution in [0.15, 0.2) is 48.8 Å². The molecule has 33 heavy (non-hydrogen) atoms. The summed E-state index contributed by atoms with van der Waals surface area (Å²) in [7, 11) is 0. The molecule has 3 heterocycles. The van der Waals surface area contributed by atoms with E-state index in [9.17, 15) is 4.79 Å². The van der Waals surface area contributed by atoms with Crippen molar-refractivity contribution in [3.8, 4) is 0 Å². The number of amides is 1. The van der Waals surface area contributed by atoms with Crippen molar-refractivity contribution in [2.24, 2.45) is 0 Å². The minimum Gasteiger partial charge on any atom is -0.339 e. The lowest BCUT2D eigenvalue weighted by atomic mass is 9.86. The second kappa shape index (κ2) is 8.86. The molecule has 0 atom stereocenters. The molecule has 5 heteroatoms. The zero-order valence-electron chi connectivity index (χ0n) is 19.2. The standard InChI is InChI=1S/C28H32N4O/c33-28(25-5-2-6-26-27(25)30-14-13-29-26)32-17-10-21(11-18-32)22-8-7-20-9-15-31(24-3-1-4-24)16-12-23(20)19-22/h2,5-8,13-14,19,21,24H,1,3-4,9-12,15-18H2. The fourth-order valence-corrected chi connectivity index (χ4v) is 5.88. The Kier molecular flexibility index (Phi) is 5.58. The van der Waals surface area contributed by atoms with Gasteiger partial charge in [0.15, 0.2) is 0 Å². The van der Waals surface area contributed by atoms with E-state index in [-0.39, 0.29) is 5.91 Å². The number of benzene rings is 2. The van der Waals surface area contributed by atoms with Crippen LogP contribution in [-0.2, 0) is 12.8 Å². The highest BCUT2D eigenvalue weighted by Crippen LogP contribution is 2.32. The molecular formula is C28H32N4O. The number of rotatable bonds is 3. The van der Waals surface area contributed by atoms with Gasteiger partial charge in [-0.2, -0.15) is 0 Å². The van der Waals surface area contributed by atoms with Crippen LogP contribution in [0.5, 0.6) is 0 Å². The largest absolute Gasteiger partial charge is 0.339 e. The molecule has 5 nitrogen and oxygen atoms in total. The van der Waals surface area contributed by atoms with Crippen LogP contribution < -0.4 is 0 Å². The molecule has 0 N–H and O–H groups in total. The summed E-state index contributed by atoms with van der Waals surface area (Å²) in [5.41, 5.74) is 6.72. The molecule has 6 rings (SSSR count). The smallest absolute Gasteiger partial charge is 0.256 e. The number of nitrogens with zero attached hydrogens (tertiary/aromatic N) is 4. The molecule has 0 radical (unpaired) electrons. The Balaban J connectivity index is 1.12. The summed E-state index contributed by atoms with van der Waals surface area (Å²) in [4.78, 5) is 26.8. The fourth-order valence-electron chi connectivity index (χ4n) is 5.88. The Morgan fingerprint density at radius 3 is 2.42 bits per heavy atom. The number of para-hydroxylation sites is 1. The van der Waals surface area contributed by atoms with E-state index in [1.807, 2.05) is 23.1 Å². The minimum absolute atomic E-state index is 0.0811. The lowest BCUT2D eigenvalue weighted by Crippen LogP contribution is -2.41. The first-order chi connectivity index (χ1) is 16.3. The summed E-state index contributed by atoms with van der Waals surface area (Å²) in [5.74, 6) is 0.621. The van der Waals surface area contributed by atoms with E-state index in [1.54, 1.807) is 23.5 Å². The SMILES string of the molecule is O=C(c1cccc2nccnc12)N1CCC(c2ccc3c(c2)CCN(C2CCC2)CC3)CC1. The van der Waals surface area contributed by atoms with Crippen molar-refractivity contribution in [1.82, 2.24) is 19.8 Å². The van der Waals surface area contributed by atoms with Gasteiger partial charge >= 0.3 is 0 Å². The lowest BCUT2D eigenvalue weighted by molar-refractivity contribution is 0.0714. The monoisotopic (exact) mass is 440 g/mol. The van der Waals surface area contributed by atoms with Gasteiger partial charge in [0, 0.05) is 44.6 Å². The van der Waals surface area contributed by atoms with Gasteiger partial charge in [-0.25, -0.2) is 0 Å². The second-order valence-electron chi connectivity index (χ2n) is 9.94. The summed E-state index contributed by atoms with van der Waals surface area (Å²) >= 11 is 0. The van der Waals surface area contributed by atoms with E-state index in [4.69, 9.17) is 0 Å². The lowest BCUT2D eigenvalue weighted by Gasteiger charge is -2.36. The zero-order valence-corrected chi connectivity index (χ0v) is 19.2. The number of hydrogen-bond acceptors (Lipinski definition) is 4. The van der Waals surface area contributed by atoms with Gasteiger partial charge in [0.1, 0.15) is 5.52 Å². The van der Waals surface area contributed by atoms with E-state index < -0.39 is 0 Å². The van der Waals surface area contributed by atoms with E-state index in [2.05, 4.69) is 33.1 Å². The average molecular weight is 441 g/mol. The Morgan fingerprint density at radius 2 is 1.64 bits per heavy atom. The molecule has 1 aromatic heterocycles. The highest BCUT2D eigenvalue weighted by molar-refractivity contribution is 6.04. The highest BCUT2D eigenvalue weighted by Gasteiger charge is 2.28. The Morgan fingerprint density at radius 1 is 0.848 bits per heavy atom. The minimum atomic E-state index is 0.0811. The van der Waals surface area contributed by atoms with Crippen molar-refractivity contribution in [2.75, 3.05) is 26.2 Å². The van der Waals surface area contributed by atoms with Gasteiger partial charge in [-0.05, 0) is 73.3 Å². The maximum absolute atomic E-state index is 13.3. The normalized spacial score (nSPS) is 20.3. The van der Waals surface area contributed by atoms with Crippen LogP contribution in [0.1, 0.15) is 65.1 Å². The summed E-state index contributed by atoms with van der Waals surface area (Å²) < 4.78 is 0. The molecule has 0 unspecified atom stereocenters. The molecule has 0 spiro atoms. The first-order valence-electron chi connectivity index (χ1n) is 12.6. The van der Waals surface area contributed by atoms with Crippen LogP contribution in [0, 0.1) is 0 Å². The molecule has 1 saturated carbocycles. The number of piperidine rings is 1. The van der Waals surface area contributed by atoms with Crippen molar-refractivity contribution >= 4 is 16.9 Å². The average Bonchev–Trinajstić information content (AvgIpc) is 3.04. The van der Waals surface area contributed by atoms with Crippen LogP contribution in [0.2, 0.25) is 0 Å². The molecule has 1 aliphatic carbocycles. The quantitative estimate of drug-likeness (QED) is 0.597. The predicted octanol–water partition coefficient (Wildman–Crippen LogP) is 4.60. The molecule has 3 aliphatic rings. The predicted molar refractivity (Wildman–Crippen MR) is 130 cm³/mol. The molecular weight excluding hydrogens is 408 g/mol. The van der Waals surface area contributed by atoms with Crippen molar-refractivity contribution in [3.63, 3.8) is 0 Å². The van der Waals surface area contributed by atoms with E-state index in [0.29, 0.717) is 17.0 Å². The first-order valence-corrected chi connectivity index (χ1v) is 12.6. The maximum atomic E-state index is 13.3. The third kappa shape index (κ3) is 4.04. The van der Waals surface area contributed by atoms with Crippen LogP contribution in [0.3, 0.4) is 0 Å². The van der Waals surface area contributed by atoms with Crippen molar-refractivity contribution in [3.05, 3.63) is 71.0 Å². The maximum Gasteiger partial charge on any atom is 0.256 e. The third-order valence-corrected chi connectivity index (χ3v) is 8.14. The molecule has 3 aromatic rings. The summed E-state index contributed by atoms with van der Waals surface area (Å²) in [6.07, 6.45) is 11.9. The Bertz CT molecular complexity index is 1160. The zero-order chi connectivity index (χ0) is 22.2. The van der Waals surface area contributed by atoms with Crippen molar-refractivity contribution in [1.29, 1.82) is 0 Å². The topological polar surface area (TPSA) is 49.3 Å². The number of carbonyl (C=O) groups is 1. The van der Waals surface area contributed by atoms with Crippen LogP contribution in [-0.4, -0.2) is 57.9 Å². The number of carbonyl (C=O) groups excluding carboxylic acids is 1. The number of likely N-dealkylation sites (tertiary alicyclic amines) is 1. The second-order valence-corrected chi connectivity index (χ2v) is 9.94. The van der Waals surface area contributed by atoms with Gasteiger partial charge in [-0.1, -0.05) is 30.7 Å². The molecule has 0 bridgehead atoms. The molecule has 2 fully saturated rings. The van der Waals surface area contributed by atoms with Crippen LogP contribution >= 0.6 is 0 Å². The van der Waals surface area contributed by atoms with E-state index >= 15 is 0 Å². The van der Waals surface area contributed by atoms with Gasteiger partial charge in [-0.15, -0.1) is 0 Å². The fraction of sp³-hybridized carbons (Fsp3) is 0.464. The Hall–Kier alpha value is -2.79. The third-order valence-electron chi connectivity index (χ3n) is 8.14.